The van der Waals surface area contributed by atoms with Gasteiger partial charge in [-0.2, -0.15) is 0 Å². The molecule has 0 radical (unpaired) electrons. The Balaban J connectivity index is 1.57. The number of hydrogen-bond acceptors (Lipinski definition) is 7. The lowest BCUT2D eigenvalue weighted by Crippen LogP contribution is -2.29. The molecule has 2 aromatic rings. The van der Waals surface area contributed by atoms with Crippen LogP contribution < -0.4 is 5.32 Å². The molecule has 1 aliphatic rings. The van der Waals surface area contributed by atoms with Crippen molar-refractivity contribution in [3.8, 4) is 5.75 Å². The molecule has 2 amide bonds. The summed E-state index contributed by atoms with van der Waals surface area (Å²) in [5.41, 5.74) is 0.407. The molecule has 160 valence electrons. The van der Waals surface area contributed by atoms with E-state index in [1.165, 1.54) is 16.7 Å². The van der Waals surface area contributed by atoms with Crippen LogP contribution >= 0.6 is 35.6 Å². The van der Waals surface area contributed by atoms with Crippen LogP contribution in [0.3, 0.4) is 0 Å². The van der Waals surface area contributed by atoms with E-state index in [9.17, 15) is 24.8 Å². The number of rotatable bonds is 7. The molecule has 11 heteroatoms. The molecule has 1 heterocycles. The third kappa shape index (κ3) is 5.60. The van der Waals surface area contributed by atoms with Gasteiger partial charge in [0, 0.05) is 30.1 Å². The lowest BCUT2D eigenvalue weighted by atomic mass is 10.2. The fraction of sp³-hybridized carbons (Fsp3) is 0.150. The van der Waals surface area contributed by atoms with Crippen LogP contribution in [0, 0.1) is 10.1 Å². The molecule has 0 atom stereocenters. The summed E-state index contributed by atoms with van der Waals surface area (Å²) in [6.45, 7) is 0.235. The Morgan fingerprint density at radius 1 is 1.32 bits per heavy atom. The average molecular weight is 478 g/mol. The second-order valence-corrected chi connectivity index (χ2v) is 8.55. The summed E-state index contributed by atoms with van der Waals surface area (Å²) >= 11 is 12.6. The zero-order chi connectivity index (χ0) is 22.5. The predicted molar refractivity (Wildman–Crippen MR) is 124 cm³/mol. The lowest BCUT2D eigenvalue weighted by molar-refractivity contribution is -0.384. The van der Waals surface area contributed by atoms with Gasteiger partial charge in [0.1, 0.15) is 10.1 Å². The van der Waals surface area contributed by atoms with Crippen molar-refractivity contribution >= 4 is 69.2 Å². The monoisotopic (exact) mass is 477 g/mol. The van der Waals surface area contributed by atoms with Crippen LogP contribution in [0.25, 0.3) is 6.08 Å². The van der Waals surface area contributed by atoms with Crippen molar-refractivity contribution in [2.45, 2.75) is 12.8 Å². The van der Waals surface area contributed by atoms with Gasteiger partial charge >= 0.3 is 0 Å². The van der Waals surface area contributed by atoms with Crippen molar-refractivity contribution in [1.29, 1.82) is 0 Å². The molecule has 1 aliphatic heterocycles. The number of nitrogens with zero attached hydrogens (tertiary/aromatic N) is 2. The molecule has 0 aliphatic carbocycles. The Bertz CT molecular complexity index is 1110. The SMILES string of the molecule is O=C(CCCN1C(=O)/C(=C/c2ccccc2Cl)SC1=S)Nc1cc([N+](=O)[O-])ccc1O. The van der Waals surface area contributed by atoms with Gasteiger partial charge in [-0.25, -0.2) is 0 Å². The number of nitro groups is 1. The van der Waals surface area contributed by atoms with Crippen molar-refractivity contribution in [3.63, 3.8) is 0 Å². The number of hydrogen-bond donors (Lipinski definition) is 2. The second-order valence-electron chi connectivity index (χ2n) is 6.47. The molecule has 0 aromatic heterocycles. The molecular weight excluding hydrogens is 462 g/mol. The van der Waals surface area contributed by atoms with Gasteiger partial charge in [-0.1, -0.05) is 53.8 Å². The summed E-state index contributed by atoms with van der Waals surface area (Å²) in [6.07, 6.45) is 2.02. The molecule has 1 saturated heterocycles. The van der Waals surface area contributed by atoms with Crippen LogP contribution in [-0.2, 0) is 9.59 Å². The van der Waals surface area contributed by atoms with Crippen LogP contribution in [0.15, 0.2) is 47.4 Å². The van der Waals surface area contributed by atoms with Crippen LogP contribution in [0.2, 0.25) is 5.02 Å². The highest BCUT2D eigenvalue weighted by Crippen LogP contribution is 2.34. The molecule has 0 spiro atoms. The number of anilines is 1. The van der Waals surface area contributed by atoms with E-state index in [1.54, 1.807) is 24.3 Å². The Morgan fingerprint density at radius 3 is 2.77 bits per heavy atom. The van der Waals surface area contributed by atoms with E-state index < -0.39 is 10.8 Å². The smallest absolute Gasteiger partial charge is 0.271 e. The third-order valence-electron chi connectivity index (χ3n) is 4.32. The van der Waals surface area contributed by atoms with Crippen LogP contribution in [-0.4, -0.2) is 37.6 Å². The quantitative estimate of drug-likeness (QED) is 0.197. The van der Waals surface area contributed by atoms with E-state index in [4.69, 9.17) is 23.8 Å². The molecule has 31 heavy (non-hydrogen) atoms. The number of carbonyl (C=O) groups excluding carboxylic acids is 2. The maximum atomic E-state index is 12.7. The van der Waals surface area contributed by atoms with E-state index >= 15 is 0 Å². The Hall–Kier alpha value is -2.95. The van der Waals surface area contributed by atoms with Crippen molar-refractivity contribution in [2.24, 2.45) is 0 Å². The molecule has 2 N–H and O–H groups in total. The minimum Gasteiger partial charge on any atom is -0.506 e. The van der Waals surface area contributed by atoms with E-state index in [1.807, 2.05) is 6.07 Å². The maximum Gasteiger partial charge on any atom is 0.271 e. The highest BCUT2D eigenvalue weighted by Gasteiger charge is 2.31. The standard InChI is InChI=1S/C20H16ClN3O5S2/c21-14-5-2-1-4-12(14)10-17-19(27)23(20(30)31-17)9-3-6-18(26)22-15-11-13(24(28)29)7-8-16(15)25/h1-2,4-5,7-8,10-11,25H,3,6,9H2,(H,22,26)/b17-10-. The predicted octanol–water partition coefficient (Wildman–Crippen LogP) is 4.57. The van der Waals surface area contributed by atoms with Gasteiger partial charge in [0.05, 0.1) is 15.5 Å². The number of thiocarbonyl (C=S) groups is 1. The first kappa shape index (κ1) is 22.7. The minimum absolute atomic E-state index is 0.0305. The van der Waals surface area contributed by atoms with Crippen LogP contribution in [0.4, 0.5) is 11.4 Å². The Morgan fingerprint density at radius 2 is 2.06 bits per heavy atom. The highest BCUT2D eigenvalue weighted by atomic mass is 35.5. The molecule has 3 rings (SSSR count). The number of nitrogens with one attached hydrogen (secondary N) is 1. The fourth-order valence-corrected chi connectivity index (χ4v) is 4.26. The number of carbonyl (C=O) groups is 2. The van der Waals surface area contributed by atoms with Crippen LogP contribution in [0.1, 0.15) is 18.4 Å². The third-order valence-corrected chi connectivity index (χ3v) is 6.04. The first-order chi connectivity index (χ1) is 14.8. The van der Waals surface area contributed by atoms with Crippen molar-refractivity contribution in [2.75, 3.05) is 11.9 Å². The Kier molecular flexibility index (Phi) is 7.26. The number of halogens is 1. The summed E-state index contributed by atoms with van der Waals surface area (Å²) in [5.74, 6) is -0.986. The number of thioether (sulfide) groups is 1. The van der Waals surface area contributed by atoms with E-state index in [0.717, 1.165) is 18.2 Å². The van der Waals surface area contributed by atoms with Gasteiger partial charge in [0.15, 0.2) is 0 Å². The van der Waals surface area contributed by atoms with Gasteiger partial charge < -0.3 is 10.4 Å². The summed E-state index contributed by atoms with van der Waals surface area (Å²) in [5, 5.41) is 23.6. The fourth-order valence-electron chi connectivity index (χ4n) is 2.77. The lowest BCUT2D eigenvalue weighted by Gasteiger charge is -2.14. The number of nitro benzene ring substituents is 1. The molecule has 8 nitrogen and oxygen atoms in total. The number of non-ortho nitro benzene ring substituents is 1. The summed E-state index contributed by atoms with van der Waals surface area (Å²) in [4.78, 5) is 36.9. The summed E-state index contributed by atoms with van der Waals surface area (Å²) in [6, 6.07) is 10.5. The van der Waals surface area contributed by atoms with Crippen molar-refractivity contribution in [3.05, 3.63) is 68.1 Å². The number of amides is 2. The first-order valence-electron chi connectivity index (χ1n) is 9.03. The van der Waals surface area contributed by atoms with Gasteiger partial charge in [0.2, 0.25) is 5.91 Å². The van der Waals surface area contributed by atoms with E-state index in [0.29, 0.717) is 26.2 Å². The first-order valence-corrected chi connectivity index (χ1v) is 10.6. The largest absolute Gasteiger partial charge is 0.506 e. The summed E-state index contributed by atoms with van der Waals surface area (Å²) < 4.78 is 0.389. The number of phenols is 1. The number of aromatic hydroxyl groups is 1. The van der Waals surface area contributed by atoms with Gasteiger partial charge in [-0.05, 0) is 30.2 Å². The van der Waals surface area contributed by atoms with Crippen molar-refractivity contribution < 1.29 is 19.6 Å². The van der Waals surface area contributed by atoms with Crippen LogP contribution in [0.5, 0.6) is 5.75 Å². The average Bonchev–Trinajstić information content (AvgIpc) is 2.98. The molecular formula is C20H16ClN3O5S2. The second kappa shape index (κ2) is 9.90. The minimum atomic E-state index is -0.625. The summed E-state index contributed by atoms with van der Waals surface area (Å²) in [7, 11) is 0. The molecule has 0 bridgehead atoms. The maximum absolute atomic E-state index is 12.7. The molecule has 0 saturated carbocycles. The highest BCUT2D eigenvalue weighted by molar-refractivity contribution is 8.26. The molecule has 2 aromatic carbocycles. The van der Waals surface area contributed by atoms with Gasteiger partial charge in [-0.3, -0.25) is 24.6 Å². The zero-order valence-corrected chi connectivity index (χ0v) is 18.3. The topological polar surface area (TPSA) is 113 Å². The normalized spacial score (nSPS) is 14.9. The Labute approximate surface area is 192 Å². The molecule has 1 fully saturated rings. The van der Waals surface area contributed by atoms with E-state index in [-0.39, 0.29) is 36.0 Å². The number of phenolic OH excluding ortho intramolecular Hbond substituents is 1. The molecule has 0 unspecified atom stereocenters. The van der Waals surface area contributed by atoms with Gasteiger partial charge in [0.25, 0.3) is 11.6 Å². The van der Waals surface area contributed by atoms with E-state index in [2.05, 4.69) is 5.32 Å². The zero-order valence-electron chi connectivity index (χ0n) is 15.9. The van der Waals surface area contributed by atoms with Gasteiger partial charge in [-0.15, -0.1) is 0 Å². The van der Waals surface area contributed by atoms with Crippen molar-refractivity contribution in [1.82, 2.24) is 4.90 Å². The number of benzene rings is 2.